The van der Waals surface area contributed by atoms with Crippen molar-refractivity contribution in [2.75, 3.05) is 26.2 Å². The van der Waals surface area contributed by atoms with Gasteiger partial charge in [0.25, 0.3) is 5.91 Å². The van der Waals surface area contributed by atoms with E-state index >= 15 is 0 Å². The number of amides is 1. The van der Waals surface area contributed by atoms with Gasteiger partial charge < -0.3 is 15.4 Å². The summed E-state index contributed by atoms with van der Waals surface area (Å²) in [6.07, 6.45) is 2.31. The second-order valence-corrected chi connectivity index (χ2v) is 5.39. The highest BCUT2D eigenvalue weighted by molar-refractivity contribution is 5.94. The minimum atomic E-state index is -0.131. The van der Waals surface area contributed by atoms with Crippen LogP contribution in [0.25, 0.3) is 0 Å². The van der Waals surface area contributed by atoms with E-state index < -0.39 is 0 Å². The molecular weight excluding hydrogens is 268 g/mol. The number of rotatable bonds is 6. The molecule has 1 aliphatic rings. The summed E-state index contributed by atoms with van der Waals surface area (Å²) in [7, 11) is 0. The fraction of sp³-hybridized carbons (Fsp3) is 0.500. The Hall–Kier alpha value is -1.88. The van der Waals surface area contributed by atoms with Crippen molar-refractivity contribution in [1.82, 2.24) is 10.6 Å². The number of carbonyl (C=O) groups is 2. The van der Waals surface area contributed by atoms with E-state index in [1.807, 2.05) is 0 Å². The highest BCUT2D eigenvalue weighted by Crippen LogP contribution is 2.13. The average molecular weight is 290 g/mol. The lowest BCUT2D eigenvalue weighted by Crippen LogP contribution is -2.39. The van der Waals surface area contributed by atoms with Crippen LogP contribution in [-0.2, 0) is 4.79 Å². The number of piperidine rings is 1. The fourth-order valence-corrected chi connectivity index (χ4v) is 2.36. The number of hydrogen-bond donors (Lipinski definition) is 2. The number of nitrogens with one attached hydrogen (secondary N) is 2. The third kappa shape index (κ3) is 5.19. The SMILES string of the molecule is CC(=O)c1cccc(OCC(=O)NCC2CCCNC2)c1. The molecule has 0 aliphatic carbocycles. The summed E-state index contributed by atoms with van der Waals surface area (Å²) >= 11 is 0. The van der Waals surface area contributed by atoms with Gasteiger partial charge in [-0.05, 0) is 50.9 Å². The molecule has 1 aliphatic heterocycles. The molecule has 0 aromatic heterocycles. The molecule has 0 saturated carbocycles. The number of ketones is 1. The number of ether oxygens (including phenoxy) is 1. The van der Waals surface area contributed by atoms with Crippen molar-refractivity contribution in [3.8, 4) is 5.75 Å². The monoisotopic (exact) mass is 290 g/mol. The van der Waals surface area contributed by atoms with Crippen LogP contribution < -0.4 is 15.4 Å². The lowest BCUT2D eigenvalue weighted by Gasteiger charge is -2.22. The molecule has 1 aromatic rings. The van der Waals surface area contributed by atoms with Gasteiger partial charge in [-0.15, -0.1) is 0 Å². The molecule has 0 spiro atoms. The molecule has 0 bridgehead atoms. The molecule has 1 saturated heterocycles. The van der Waals surface area contributed by atoms with E-state index in [0.29, 0.717) is 23.8 Å². The van der Waals surface area contributed by atoms with Gasteiger partial charge in [0.05, 0.1) is 0 Å². The first-order chi connectivity index (χ1) is 10.1. The zero-order valence-corrected chi connectivity index (χ0v) is 12.4. The van der Waals surface area contributed by atoms with Crippen LogP contribution in [0.5, 0.6) is 5.75 Å². The summed E-state index contributed by atoms with van der Waals surface area (Å²) in [5.74, 6) is 0.893. The topological polar surface area (TPSA) is 67.4 Å². The molecule has 1 unspecified atom stereocenters. The molecular formula is C16H22N2O3. The minimum Gasteiger partial charge on any atom is -0.484 e. The maximum atomic E-state index is 11.8. The van der Waals surface area contributed by atoms with E-state index in [9.17, 15) is 9.59 Å². The molecule has 1 heterocycles. The molecule has 2 N–H and O–H groups in total. The summed E-state index contributed by atoms with van der Waals surface area (Å²) in [6, 6.07) is 6.87. The lowest BCUT2D eigenvalue weighted by molar-refractivity contribution is -0.123. The van der Waals surface area contributed by atoms with Crippen LogP contribution in [0.2, 0.25) is 0 Å². The van der Waals surface area contributed by atoms with Gasteiger partial charge in [-0.2, -0.15) is 0 Å². The van der Waals surface area contributed by atoms with Crippen molar-refractivity contribution in [3.63, 3.8) is 0 Å². The van der Waals surface area contributed by atoms with E-state index in [2.05, 4.69) is 10.6 Å². The summed E-state index contributed by atoms with van der Waals surface area (Å²) in [5, 5.41) is 6.21. The van der Waals surface area contributed by atoms with Gasteiger partial charge in [0.2, 0.25) is 0 Å². The molecule has 1 amide bonds. The molecule has 21 heavy (non-hydrogen) atoms. The van der Waals surface area contributed by atoms with Gasteiger partial charge >= 0.3 is 0 Å². The Morgan fingerprint density at radius 1 is 1.43 bits per heavy atom. The fourth-order valence-electron chi connectivity index (χ4n) is 2.36. The van der Waals surface area contributed by atoms with E-state index in [4.69, 9.17) is 4.74 Å². The van der Waals surface area contributed by atoms with Crippen LogP contribution in [0.4, 0.5) is 0 Å². The predicted molar refractivity (Wildman–Crippen MR) is 80.5 cm³/mol. The van der Waals surface area contributed by atoms with Gasteiger partial charge in [-0.1, -0.05) is 12.1 Å². The normalized spacial score (nSPS) is 18.0. The highest BCUT2D eigenvalue weighted by Gasteiger charge is 2.14. The molecule has 5 nitrogen and oxygen atoms in total. The Bertz CT molecular complexity index is 496. The van der Waals surface area contributed by atoms with Crippen molar-refractivity contribution >= 4 is 11.7 Å². The van der Waals surface area contributed by atoms with Gasteiger partial charge in [0, 0.05) is 12.1 Å². The third-order valence-corrected chi connectivity index (χ3v) is 3.60. The number of benzene rings is 1. The first-order valence-electron chi connectivity index (χ1n) is 7.36. The second kappa shape index (κ2) is 7.78. The van der Waals surface area contributed by atoms with Crippen molar-refractivity contribution in [1.29, 1.82) is 0 Å². The first-order valence-corrected chi connectivity index (χ1v) is 7.36. The van der Waals surface area contributed by atoms with Gasteiger partial charge in [-0.25, -0.2) is 0 Å². The number of carbonyl (C=O) groups excluding carboxylic acids is 2. The number of Topliss-reactive ketones (excluding diaryl/α,β-unsaturated/α-hetero) is 1. The molecule has 0 radical (unpaired) electrons. The molecule has 2 rings (SSSR count). The Morgan fingerprint density at radius 3 is 3.00 bits per heavy atom. The maximum absolute atomic E-state index is 11.8. The van der Waals surface area contributed by atoms with Crippen LogP contribution in [0.15, 0.2) is 24.3 Å². The molecule has 1 fully saturated rings. The summed E-state index contributed by atoms with van der Waals surface area (Å²) in [6.45, 7) is 4.19. The van der Waals surface area contributed by atoms with Crippen LogP contribution in [0.3, 0.4) is 0 Å². The minimum absolute atomic E-state index is 0.0188. The largest absolute Gasteiger partial charge is 0.484 e. The second-order valence-electron chi connectivity index (χ2n) is 5.39. The molecule has 1 atom stereocenters. The van der Waals surface area contributed by atoms with Crippen molar-refractivity contribution in [3.05, 3.63) is 29.8 Å². The van der Waals surface area contributed by atoms with Crippen molar-refractivity contribution in [2.24, 2.45) is 5.92 Å². The van der Waals surface area contributed by atoms with Crippen LogP contribution >= 0.6 is 0 Å². The average Bonchev–Trinajstić information content (AvgIpc) is 2.52. The zero-order valence-electron chi connectivity index (χ0n) is 12.4. The Morgan fingerprint density at radius 2 is 2.29 bits per heavy atom. The first kappa shape index (κ1) is 15.5. The van der Waals surface area contributed by atoms with Crippen LogP contribution in [0.1, 0.15) is 30.1 Å². The Labute approximate surface area is 125 Å². The standard InChI is InChI=1S/C16H22N2O3/c1-12(19)14-5-2-6-15(8-14)21-11-16(20)18-10-13-4-3-7-17-9-13/h2,5-6,8,13,17H,3-4,7,9-11H2,1H3,(H,18,20). The maximum Gasteiger partial charge on any atom is 0.257 e. The zero-order chi connectivity index (χ0) is 15.1. The van der Waals surface area contributed by atoms with Gasteiger partial charge in [0.1, 0.15) is 5.75 Å². The highest BCUT2D eigenvalue weighted by atomic mass is 16.5. The number of hydrogen-bond acceptors (Lipinski definition) is 4. The Kier molecular flexibility index (Phi) is 5.75. The van der Waals surface area contributed by atoms with Crippen LogP contribution in [0, 0.1) is 5.92 Å². The molecule has 114 valence electrons. The van der Waals surface area contributed by atoms with E-state index in [1.165, 1.54) is 6.92 Å². The van der Waals surface area contributed by atoms with E-state index in [-0.39, 0.29) is 18.3 Å². The van der Waals surface area contributed by atoms with Gasteiger partial charge in [-0.3, -0.25) is 9.59 Å². The van der Waals surface area contributed by atoms with E-state index in [1.54, 1.807) is 24.3 Å². The summed E-state index contributed by atoms with van der Waals surface area (Å²) < 4.78 is 5.42. The third-order valence-electron chi connectivity index (χ3n) is 3.60. The van der Waals surface area contributed by atoms with Crippen LogP contribution in [-0.4, -0.2) is 37.9 Å². The Balaban J connectivity index is 1.73. The predicted octanol–water partition coefficient (Wildman–Crippen LogP) is 1.38. The van der Waals surface area contributed by atoms with Gasteiger partial charge in [0.15, 0.2) is 12.4 Å². The van der Waals surface area contributed by atoms with Crippen molar-refractivity contribution in [2.45, 2.75) is 19.8 Å². The quantitative estimate of drug-likeness (QED) is 0.777. The summed E-state index contributed by atoms with van der Waals surface area (Å²) in [4.78, 5) is 23.0. The molecule has 1 aromatic carbocycles. The van der Waals surface area contributed by atoms with Crippen molar-refractivity contribution < 1.29 is 14.3 Å². The molecule has 5 heteroatoms. The lowest BCUT2D eigenvalue weighted by atomic mass is 10.00. The summed E-state index contributed by atoms with van der Waals surface area (Å²) in [5.41, 5.74) is 0.584. The van der Waals surface area contributed by atoms with E-state index in [0.717, 1.165) is 25.9 Å². The smallest absolute Gasteiger partial charge is 0.257 e.